The molecule has 0 spiro atoms. The summed E-state index contributed by atoms with van der Waals surface area (Å²) in [5, 5.41) is 4.91. The number of hydrogen-bond donors (Lipinski definition) is 0. The Bertz CT molecular complexity index is 925. The van der Waals surface area contributed by atoms with Gasteiger partial charge >= 0.3 is 18.9 Å². The Labute approximate surface area is 149 Å². The average molecular weight is 288 g/mol. The third-order valence-electron chi connectivity index (χ3n) is 4.39. The molecule has 0 heterocycles. The third-order valence-corrected chi connectivity index (χ3v) is 4.39. The van der Waals surface area contributed by atoms with Gasteiger partial charge in [0.1, 0.15) is 0 Å². The molecule has 106 valence electrons. The monoisotopic (exact) mass is 288 g/mol. The molecule has 0 unspecified atom stereocenters. The van der Waals surface area contributed by atoms with Crippen LogP contribution < -0.4 is 18.9 Å². The van der Waals surface area contributed by atoms with Gasteiger partial charge < -0.3 is 0 Å². The van der Waals surface area contributed by atoms with Gasteiger partial charge in [0.25, 0.3) is 0 Å². The quantitative estimate of drug-likeness (QED) is 0.287. The number of rotatable bonds is 1. The number of benzene rings is 4. The Morgan fingerprint density at radius 1 is 0.565 bits per heavy atom. The average Bonchev–Trinajstić information content (AvgIpc) is 2.54. The van der Waals surface area contributed by atoms with Crippen molar-refractivity contribution in [3.05, 3.63) is 83.9 Å². The fourth-order valence-electron chi connectivity index (χ4n) is 3.39. The maximum atomic E-state index is 3.56. The minimum Gasteiger partial charge on any atom is -0.118 e. The molecule has 0 atom stereocenters. The van der Waals surface area contributed by atoms with Crippen molar-refractivity contribution in [3.8, 4) is 11.1 Å². The summed E-state index contributed by atoms with van der Waals surface area (Å²) in [7, 11) is 0. The second kappa shape index (κ2) is 6.24. The van der Waals surface area contributed by atoms with E-state index in [1.807, 2.05) is 0 Å². The molecule has 0 bridgehead atoms. The zero-order valence-electron chi connectivity index (χ0n) is 13.9. The van der Waals surface area contributed by atoms with Crippen molar-refractivity contribution >= 4 is 21.5 Å². The summed E-state index contributed by atoms with van der Waals surface area (Å²) in [5.74, 6) is 0. The minimum absolute atomic E-state index is 0. The first-order valence-corrected chi connectivity index (χ1v) is 7.65. The van der Waals surface area contributed by atoms with Crippen molar-refractivity contribution in [1.82, 2.24) is 0 Å². The van der Waals surface area contributed by atoms with Crippen LogP contribution in [0.1, 0.15) is 11.1 Å². The summed E-state index contributed by atoms with van der Waals surface area (Å²) in [5.41, 5.74) is 5.33. The molecule has 0 aromatic heterocycles. The predicted molar refractivity (Wildman–Crippen MR) is 95.2 cm³/mol. The molecule has 0 amide bonds. The van der Waals surface area contributed by atoms with E-state index in [2.05, 4.69) is 86.6 Å². The Morgan fingerprint density at radius 2 is 1.04 bits per heavy atom. The maximum absolute atomic E-state index is 3.56. The number of aryl methyl sites for hydroxylation is 2. The van der Waals surface area contributed by atoms with Crippen molar-refractivity contribution in [3.63, 3.8) is 0 Å². The Kier molecular flexibility index (Phi) is 4.31. The molecule has 0 radical (unpaired) electrons. The summed E-state index contributed by atoms with van der Waals surface area (Å²) in [6.45, 7) is 4.39. The smallest absolute Gasteiger partial charge is 0.118 e. The molecular formula is C22H17Li. The van der Waals surface area contributed by atoms with Crippen LogP contribution in [0.3, 0.4) is 0 Å². The second-order valence-electron chi connectivity index (χ2n) is 5.86. The molecule has 0 aliphatic heterocycles. The maximum Gasteiger partial charge on any atom is 1.00 e. The van der Waals surface area contributed by atoms with Gasteiger partial charge in [-0.2, -0.15) is 0 Å². The largest absolute Gasteiger partial charge is 1.00 e. The normalized spacial score (nSPS) is 10.7. The van der Waals surface area contributed by atoms with Crippen LogP contribution >= 0.6 is 0 Å². The van der Waals surface area contributed by atoms with Crippen LogP contribution in [0.15, 0.2) is 66.7 Å². The van der Waals surface area contributed by atoms with Crippen LogP contribution in [-0.4, -0.2) is 0 Å². The Hall–Kier alpha value is -2.00. The second-order valence-corrected chi connectivity index (χ2v) is 5.86. The summed E-state index contributed by atoms with van der Waals surface area (Å²) in [6, 6.07) is 27.2. The van der Waals surface area contributed by atoms with E-state index < -0.39 is 0 Å². The van der Waals surface area contributed by atoms with Gasteiger partial charge in [-0.25, -0.2) is 0 Å². The first-order valence-electron chi connectivity index (χ1n) is 7.65. The van der Waals surface area contributed by atoms with E-state index in [1.54, 1.807) is 0 Å². The molecule has 4 rings (SSSR count). The molecule has 1 heteroatoms. The Balaban J connectivity index is 0.00000156. The first kappa shape index (κ1) is 15.9. The van der Waals surface area contributed by atoms with Gasteiger partial charge in [-0.05, 0) is 30.5 Å². The number of hydrogen-bond acceptors (Lipinski definition) is 0. The summed E-state index contributed by atoms with van der Waals surface area (Å²) >= 11 is 0. The van der Waals surface area contributed by atoms with Gasteiger partial charge in [0.05, 0.1) is 0 Å². The molecule has 4 aromatic rings. The fourth-order valence-corrected chi connectivity index (χ4v) is 3.39. The molecule has 0 nitrogen and oxygen atoms in total. The topological polar surface area (TPSA) is 0 Å². The van der Waals surface area contributed by atoms with Crippen LogP contribution in [0.5, 0.6) is 0 Å². The van der Waals surface area contributed by atoms with Gasteiger partial charge in [-0.3, -0.25) is 0 Å². The molecular weight excluding hydrogens is 271 g/mol. The minimum atomic E-state index is 0. The van der Waals surface area contributed by atoms with Crippen LogP contribution in [0.4, 0.5) is 0 Å². The molecule has 0 saturated heterocycles. The molecule has 23 heavy (non-hydrogen) atoms. The van der Waals surface area contributed by atoms with E-state index in [0.29, 0.717) is 0 Å². The standard InChI is InChI=1S/C22H17.Li/c1-15-8-7-9-16(2)21(15)22-19-12-5-3-10-17(19)14-18-11-4-6-13-20(18)22;/h3-13H,1-2H3;/q-1;+1. The SMILES string of the molecule is Cc1cccc(C)c1-c1c2ccccc2[c-]c2ccccc12.[Li+]. The number of fused-ring (bicyclic) bond motifs is 2. The third kappa shape index (κ3) is 2.59. The Morgan fingerprint density at radius 3 is 1.57 bits per heavy atom. The molecule has 0 fully saturated rings. The summed E-state index contributed by atoms with van der Waals surface area (Å²) in [6.07, 6.45) is 0. The van der Waals surface area contributed by atoms with Crippen LogP contribution in [-0.2, 0) is 0 Å². The molecule has 0 aliphatic carbocycles. The van der Waals surface area contributed by atoms with Crippen molar-refractivity contribution in [2.75, 3.05) is 0 Å². The van der Waals surface area contributed by atoms with Crippen LogP contribution in [0, 0.1) is 19.9 Å². The first-order chi connectivity index (χ1) is 10.8. The summed E-state index contributed by atoms with van der Waals surface area (Å²) < 4.78 is 0. The van der Waals surface area contributed by atoms with Crippen molar-refractivity contribution < 1.29 is 18.9 Å². The van der Waals surface area contributed by atoms with E-state index in [0.717, 1.165) is 0 Å². The van der Waals surface area contributed by atoms with E-state index >= 15 is 0 Å². The molecule has 0 N–H and O–H groups in total. The van der Waals surface area contributed by atoms with Gasteiger partial charge in [0, 0.05) is 0 Å². The van der Waals surface area contributed by atoms with Crippen molar-refractivity contribution in [2.45, 2.75) is 13.8 Å². The molecule has 0 aliphatic rings. The van der Waals surface area contributed by atoms with Crippen molar-refractivity contribution in [2.24, 2.45) is 0 Å². The zero-order valence-corrected chi connectivity index (χ0v) is 13.9. The predicted octanol–water partition coefficient (Wildman–Crippen LogP) is 3.08. The van der Waals surface area contributed by atoms with Gasteiger partial charge in [0.2, 0.25) is 0 Å². The van der Waals surface area contributed by atoms with E-state index in [9.17, 15) is 0 Å². The van der Waals surface area contributed by atoms with Gasteiger partial charge in [-0.15, -0.1) is 29.0 Å². The molecule has 0 saturated carbocycles. The van der Waals surface area contributed by atoms with E-state index in [-0.39, 0.29) is 18.9 Å². The van der Waals surface area contributed by atoms with E-state index in [4.69, 9.17) is 0 Å². The van der Waals surface area contributed by atoms with Crippen molar-refractivity contribution in [1.29, 1.82) is 0 Å². The molecule has 4 aromatic carbocycles. The van der Waals surface area contributed by atoms with Crippen LogP contribution in [0.2, 0.25) is 0 Å². The van der Waals surface area contributed by atoms with Gasteiger partial charge in [-0.1, -0.05) is 70.9 Å². The summed E-state index contributed by atoms with van der Waals surface area (Å²) in [4.78, 5) is 0. The zero-order chi connectivity index (χ0) is 15.1. The van der Waals surface area contributed by atoms with Crippen LogP contribution in [0.25, 0.3) is 32.7 Å². The fraction of sp³-hybridized carbons (Fsp3) is 0.0909. The van der Waals surface area contributed by atoms with E-state index in [1.165, 1.54) is 43.8 Å². The van der Waals surface area contributed by atoms with Gasteiger partial charge in [0.15, 0.2) is 0 Å².